The van der Waals surface area contributed by atoms with Crippen LogP contribution in [0.1, 0.15) is 28.6 Å². The number of amides is 1. The molecule has 0 aliphatic carbocycles. The molecule has 0 spiro atoms. The molecule has 116 valence electrons. The maximum absolute atomic E-state index is 12.1. The van der Waals surface area contributed by atoms with Crippen molar-refractivity contribution in [3.05, 3.63) is 53.5 Å². The minimum atomic E-state index is -0.203. The number of hydrogen-bond acceptors (Lipinski definition) is 4. The number of para-hydroxylation sites is 1. The monoisotopic (exact) mass is 299 g/mol. The zero-order chi connectivity index (χ0) is 15.5. The van der Waals surface area contributed by atoms with Gasteiger partial charge in [-0.2, -0.15) is 0 Å². The van der Waals surface area contributed by atoms with Crippen molar-refractivity contribution < 1.29 is 9.21 Å². The Bertz CT molecular complexity index is 665. The van der Waals surface area contributed by atoms with E-state index in [1.165, 1.54) is 11.3 Å². The zero-order valence-corrected chi connectivity index (χ0v) is 12.7. The molecule has 0 fully saturated rings. The van der Waals surface area contributed by atoms with Crippen molar-refractivity contribution >= 4 is 11.6 Å². The first-order chi connectivity index (χ1) is 10.7. The average molecular weight is 299 g/mol. The third-order valence-corrected chi connectivity index (χ3v) is 4.07. The van der Waals surface area contributed by atoms with E-state index in [4.69, 9.17) is 10.2 Å². The molecule has 5 heteroatoms. The van der Waals surface area contributed by atoms with Crippen LogP contribution >= 0.6 is 0 Å². The molecule has 0 bridgehead atoms. The van der Waals surface area contributed by atoms with Crippen molar-refractivity contribution in [2.24, 2.45) is 5.73 Å². The van der Waals surface area contributed by atoms with Crippen molar-refractivity contribution in [2.45, 2.75) is 25.9 Å². The maximum atomic E-state index is 12.1. The molecule has 2 aromatic rings. The summed E-state index contributed by atoms with van der Waals surface area (Å²) < 4.78 is 5.38. The van der Waals surface area contributed by atoms with Crippen LogP contribution < -0.4 is 16.0 Å². The first kappa shape index (κ1) is 14.7. The topological polar surface area (TPSA) is 71.5 Å². The maximum Gasteiger partial charge on any atom is 0.287 e. The van der Waals surface area contributed by atoms with E-state index in [1.807, 2.05) is 12.1 Å². The van der Waals surface area contributed by atoms with Gasteiger partial charge in [0.25, 0.3) is 5.91 Å². The van der Waals surface area contributed by atoms with Crippen molar-refractivity contribution in [3.63, 3.8) is 0 Å². The molecule has 3 N–H and O–H groups in total. The summed E-state index contributed by atoms with van der Waals surface area (Å²) >= 11 is 0. The molecule has 1 aliphatic rings. The summed E-state index contributed by atoms with van der Waals surface area (Å²) in [5, 5.41) is 2.75. The van der Waals surface area contributed by atoms with E-state index >= 15 is 0 Å². The second-order valence-corrected chi connectivity index (χ2v) is 5.63. The minimum absolute atomic E-state index is 0.203. The van der Waals surface area contributed by atoms with Gasteiger partial charge >= 0.3 is 0 Å². The highest BCUT2D eigenvalue weighted by atomic mass is 16.3. The summed E-state index contributed by atoms with van der Waals surface area (Å²) in [4.78, 5) is 14.4. The van der Waals surface area contributed by atoms with Crippen molar-refractivity contribution in [1.29, 1.82) is 0 Å². The lowest BCUT2D eigenvalue weighted by molar-refractivity contribution is 0.0925. The molecule has 2 heterocycles. The lowest BCUT2D eigenvalue weighted by Gasteiger charge is -2.24. The predicted molar refractivity (Wildman–Crippen MR) is 85.9 cm³/mol. The van der Waals surface area contributed by atoms with Gasteiger partial charge in [-0.3, -0.25) is 4.79 Å². The number of carbonyl (C=O) groups excluding carboxylic acids is 1. The van der Waals surface area contributed by atoms with Crippen LogP contribution in [0.25, 0.3) is 0 Å². The highest BCUT2D eigenvalue weighted by Gasteiger charge is 2.27. The summed E-state index contributed by atoms with van der Waals surface area (Å²) in [6, 6.07) is 10.7. The van der Waals surface area contributed by atoms with E-state index in [2.05, 4.69) is 35.3 Å². The number of nitrogens with two attached hydrogens (primary N) is 1. The number of carbonyl (C=O) groups is 1. The van der Waals surface area contributed by atoms with Gasteiger partial charge in [0.05, 0.1) is 6.26 Å². The number of benzene rings is 1. The van der Waals surface area contributed by atoms with E-state index in [9.17, 15) is 4.79 Å². The van der Waals surface area contributed by atoms with Gasteiger partial charge in [-0.25, -0.2) is 0 Å². The van der Waals surface area contributed by atoms with Gasteiger partial charge < -0.3 is 20.4 Å². The summed E-state index contributed by atoms with van der Waals surface area (Å²) in [5.41, 5.74) is 8.91. The number of anilines is 1. The van der Waals surface area contributed by atoms with Gasteiger partial charge in [-0.15, -0.1) is 0 Å². The Morgan fingerprint density at radius 3 is 3.05 bits per heavy atom. The van der Waals surface area contributed by atoms with Crippen molar-refractivity contribution in [3.8, 4) is 0 Å². The average Bonchev–Trinajstić information content (AvgIpc) is 3.10. The molecule has 1 unspecified atom stereocenters. The van der Waals surface area contributed by atoms with Gasteiger partial charge in [-0.05, 0) is 31.0 Å². The smallest absolute Gasteiger partial charge is 0.287 e. The quantitative estimate of drug-likeness (QED) is 0.885. The van der Waals surface area contributed by atoms with E-state index in [0.717, 1.165) is 12.0 Å². The molecular formula is C17H21N3O2. The zero-order valence-electron chi connectivity index (χ0n) is 12.7. The highest BCUT2D eigenvalue weighted by Crippen LogP contribution is 2.33. The third-order valence-electron chi connectivity index (χ3n) is 4.07. The predicted octanol–water partition coefficient (Wildman–Crippen LogP) is 1.92. The molecule has 1 aliphatic heterocycles. The Balaban J connectivity index is 1.80. The second-order valence-electron chi connectivity index (χ2n) is 5.63. The van der Waals surface area contributed by atoms with Crippen LogP contribution in [0.2, 0.25) is 0 Å². The minimum Gasteiger partial charge on any atom is -0.459 e. The number of furan rings is 1. The number of hydrogen-bond donors (Lipinski definition) is 2. The van der Waals surface area contributed by atoms with Crippen molar-refractivity contribution in [2.75, 3.05) is 18.0 Å². The molecule has 5 nitrogen and oxygen atoms in total. The third kappa shape index (κ3) is 2.72. The van der Waals surface area contributed by atoms with Crippen LogP contribution in [0, 0.1) is 0 Å². The summed E-state index contributed by atoms with van der Waals surface area (Å²) in [7, 11) is 0. The highest BCUT2D eigenvalue weighted by molar-refractivity contribution is 5.93. The standard InChI is InChI=1S/C17H21N3O2/c1-12-10-13-4-2-3-5-15(13)20(12)11-14-6-9-22-16(14)17(21)19-8-7-18/h2-6,9,12H,7-8,10-11,18H2,1H3,(H,19,21). The molecule has 1 atom stereocenters. The van der Waals surface area contributed by atoms with Gasteiger partial charge in [-0.1, -0.05) is 18.2 Å². The SMILES string of the molecule is CC1Cc2ccccc2N1Cc1ccoc1C(=O)NCCN. The molecule has 1 amide bonds. The van der Waals surface area contributed by atoms with E-state index in [-0.39, 0.29) is 5.91 Å². The van der Waals surface area contributed by atoms with Crippen LogP contribution in [0.4, 0.5) is 5.69 Å². The first-order valence-electron chi connectivity index (χ1n) is 7.60. The second kappa shape index (κ2) is 6.23. The van der Waals surface area contributed by atoms with Gasteiger partial charge in [0.15, 0.2) is 5.76 Å². The lowest BCUT2D eigenvalue weighted by Crippen LogP contribution is -2.32. The molecule has 0 radical (unpaired) electrons. The number of rotatable bonds is 5. The van der Waals surface area contributed by atoms with Crippen LogP contribution in [0.15, 0.2) is 41.0 Å². The molecule has 3 rings (SSSR count). The molecule has 0 saturated heterocycles. The van der Waals surface area contributed by atoms with Crippen LogP contribution in [0.3, 0.4) is 0 Å². The molecule has 1 aromatic heterocycles. The number of nitrogens with one attached hydrogen (secondary N) is 1. The van der Waals surface area contributed by atoms with E-state index in [1.54, 1.807) is 6.26 Å². The fraction of sp³-hybridized carbons (Fsp3) is 0.353. The molecular weight excluding hydrogens is 278 g/mol. The Labute approximate surface area is 130 Å². The van der Waals surface area contributed by atoms with Gasteiger partial charge in [0, 0.05) is 36.9 Å². The number of nitrogens with zero attached hydrogens (tertiary/aromatic N) is 1. The summed E-state index contributed by atoms with van der Waals surface area (Å²) in [6.07, 6.45) is 2.60. The molecule has 0 saturated carbocycles. The summed E-state index contributed by atoms with van der Waals surface area (Å²) in [5.74, 6) is 0.176. The van der Waals surface area contributed by atoms with Crippen LogP contribution in [-0.4, -0.2) is 25.0 Å². The van der Waals surface area contributed by atoms with Gasteiger partial charge in [0.2, 0.25) is 0 Å². The fourth-order valence-corrected chi connectivity index (χ4v) is 2.98. The molecule has 22 heavy (non-hydrogen) atoms. The lowest BCUT2D eigenvalue weighted by atomic mass is 10.1. The van der Waals surface area contributed by atoms with Crippen LogP contribution in [-0.2, 0) is 13.0 Å². The molecule has 1 aromatic carbocycles. The normalized spacial score (nSPS) is 16.6. The Morgan fingerprint density at radius 2 is 2.23 bits per heavy atom. The number of fused-ring (bicyclic) bond motifs is 1. The Hall–Kier alpha value is -2.27. The Morgan fingerprint density at radius 1 is 1.41 bits per heavy atom. The van der Waals surface area contributed by atoms with Crippen molar-refractivity contribution in [1.82, 2.24) is 5.32 Å². The van der Waals surface area contributed by atoms with Gasteiger partial charge in [0.1, 0.15) is 0 Å². The largest absolute Gasteiger partial charge is 0.459 e. The summed E-state index contributed by atoms with van der Waals surface area (Å²) in [6.45, 7) is 3.73. The van der Waals surface area contributed by atoms with Crippen LogP contribution in [0.5, 0.6) is 0 Å². The van der Waals surface area contributed by atoms with E-state index < -0.39 is 0 Å². The Kier molecular flexibility index (Phi) is 4.15. The van der Waals surface area contributed by atoms with E-state index in [0.29, 0.717) is 31.4 Å². The first-order valence-corrected chi connectivity index (χ1v) is 7.60. The fourth-order valence-electron chi connectivity index (χ4n) is 2.98.